The normalized spacial score (nSPS) is 18.2. The maximum atomic E-state index is 13.1. The molecule has 0 aromatic heterocycles. The van der Waals surface area contributed by atoms with Gasteiger partial charge in [-0.1, -0.05) is 50.8 Å². The molecule has 0 unspecified atom stereocenters. The zero-order chi connectivity index (χ0) is 22.3. The fourth-order valence-corrected chi connectivity index (χ4v) is 5.63. The van der Waals surface area contributed by atoms with E-state index in [1.54, 1.807) is 30.3 Å². The molecule has 1 saturated heterocycles. The van der Waals surface area contributed by atoms with E-state index in [9.17, 15) is 13.2 Å². The number of nitrogens with one attached hydrogen (secondary N) is 2. The quantitative estimate of drug-likeness (QED) is 0.569. The highest BCUT2D eigenvalue weighted by atomic mass is 32.2. The van der Waals surface area contributed by atoms with Crippen molar-refractivity contribution < 1.29 is 13.2 Å². The Morgan fingerprint density at radius 1 is 1.16 bits per heavy atom. The molecule has 1 aromatic carbocycles. The van der Waals surface area contributed by atoms with Gasteiger partial charge in [0.1, 0.15) is 0 Å². The summed E-state index contributed by atoms with van der Waals surface area (Å²) >= 11 is 0. The lowest BCUT2D eigenvalue weighted by Gasteiger charge is -2.32. The molecule has 1 aliphatic carbocycles. The molecule has 8 heteroatoms. The number of allylic oxidation sites excluding steroid dienone is 1. The van der Waals surface area contributed by atoms with Crippen molar-refractivity contribution in [3.05, 3.63) is 42.0 Å². The lowest BCUT2D eigenvalue weighted by atomic mass is 9.94. The summed E-state index contributed by atoms with van der Waals surface area (Å²) in [5.41, 5.74) is 0.956. The van der Waals surface area contributed by atoms with Gasteiger partial charge in [-0.15, -0.1) is 0 Å². The van der Waals surface area contributed by atoms with Crippen molar-refractivity contribution in [3.63, 3.8) is 0 Å². The van der Waals surface area contributed by atoms with Crippen molar-refractivity contribution in [2.24, 2.45) is 0 Å². The average Bonchev–Trinajstić information content (AvgIpc) is 3.17. The molecule has 170 valence electrons. The van der Waals surface area contributed by atoms with E-state index in [-0.39, 0.29) is 22.8 Å². The summed E-state index contributed by atoms with van der Waals surface area (Å²) in [7, 11) is -3.73. The first-order chi connectivity index (χ1) is 14.9. The Balaban J connectivity index is 1.56. The highest BCUT2D eigenvalue weighted by Gasteiger charge is 2.38. The number of hydrogen-bond acceptors (Lipinski definition) is 4. The highest BCUT2D eigenvalue weighted by Crippen LogP contribution is 2.28. The third-order valence-corrected chi connectivity index (χ3v) is 7.82. The predicted molar refractivity (Wildman–Crippen MR) is 122 cm³/mol. The monoisotopic (exact) mass is 446 g/mol. The van der Waals surface area contributed by atoms with Gasteiger partial charge >= 0.3 is 0 Å². The van der Waals surface area contributed by atoms with Crippen LogP contribution < -0.4 is 5.32 Å². The molecule has 1 amide bonds. The third kappa shape index (κ3) is 5.87. The van der Waals surface area contributed by atoms with Gasteiger partial charge in [-0.3, -0.25) is 10.2 Å². The largest absolute Gasteiger partial charge is 0.352 e. The molecule has 0 atom stereocenters. The van der Waals surface area contributed by atoms with E-state index in [0.29, 0.717) is 26.1 Å². The van der Waals surface area contributed by atoms with Crippen LogP contribution in [0.1, 0.15) is 57.4 Å². The number of rotatable bonds is 9. The van der Waals surface area contributed by atoms with Crippen molar-refractivity contribution in [3.8, 4) is 0 Å². The highest BCUT2D eigenvalue weighted by molar-refractivity contribution is 7.89. The van der Waals surface area contributed by atoms with E-state index in [0.717, 1.165) is 44.1 Å². The van der Waals surface area contributed by atoms with Crippen molar-refractivity contribution in [2.45, 2.75) is 69.2 Å². The topological polar surface area (TPSA) is 93.6 Å². The van der Waals surface area contributed by atoms with Gasteiger partial charge < -0.3 is 10.2 Å². The number of guanidine groups is 1. The molecule has 1 aliphatic heterocycles. The first-order valence-electron chi connectivity index (χ1n) is 11.3. The van der Waals surface area contributed by atoms with Gasteiger partial charge in [-0.2, -0.15) is 0 Å². The number of carbonyl (C=O) groups is 1. The molecular formula is C23H34N4O3S. The molecule has 31 heavy (non-hydrogen) atoms. The summed E-state index contributed by atoms with van der Waals surface area (Å²) in [6.45, 7) is 3.48. The van der Waals surface area contributed by atoms with Crippen LogP contribution in [0.4, 0.5) is 0 Å². The zero-order valence-electron chi connectivity index (χ0n) is 18.3. The van der Waals surface area contributed by atoms with E-state index in [2.05, 4.69) is 12.2 Å². The Bertz CT molecular complexity index is 890. The lowest BCUT2D eigenvalue weighted by molar-refractivity contribution is -0.116. The van der Waals surface area contributed by atoms with Crippen LogP contribution in [0.25, 0.3) is 0 Å². The van der Waals surface area contributed by atoms with Crippen molar-refractivity contribution in [1.82, 2.24) is 14.5 Å². The van der Waals surface area contributed by atoms with Crippen molar-refractivity contribution in [1.29, 1.82) is 5.41 Å². The van der Waals surface area contributed by atoms with Crippen molar-refractivity contribution in [2.75, 3.05) is 19.6 Å². The van der Waals surface area contributed by atoms with Crippen LogP contribution in [0.2, 0.25) is 0 Å². The number of amides is 1. The van der Waals surface area contributed by atoms with E-state index in [4.69, 9.17) is 5.41 Å². The number of carbonyl (C=O) groups excluding carboxylic acids is 1. The van der Waals surface area contributed by atoms with Crippen LogP contribution in [0.3, 0.4) is 0 Å². The maximum Gasteiger partial charge on any atom is 0.266 e. The second kappa shape index (κ2) is 10.8. The standard InChI is InChI=1S/C23H34N4O3S/c1-2-3-5-10-22(28)25-16-15-19-11-13-21(14-12-19)31(29,30)27-18-17-26(23(27)24)20-8-6-4-7-9-20/h5,10-14,20,24H,2-4,6-9,15-18H2,1H3,(H,25,28)/b10-5+,24-23?. The molecule has 1 aromatic rings. The molecule has 3 rings (SSSR count). The maximum absolute atomic E-state index is 13.1. The molecule has 2 aliphatic rings. The smallest absolute Gasteiger partial charge is 0.266 e. The fraction of sp³-hybridized carbons (Fsp3) is 0.565. The van der Waals surface area contributed by atoms with Gasteiger partial charge in [-0.05, 0) is 49.5 Å². The van der Waals surface area contributed by atoms with Gasteiger partial charge in [0.15, 0.2) is 0 Å². The van der Waals surface area contributed by atoms with Crippen LogP contribution in [0.15, 0.2) is 41.3 Å². The zero-order valence-corrected chi connectivity index (χ0v) is 19.2. The van der Waals surface area contributed by atoms with Gasteiger partial charge in [0.25, 0.3) is 10.0 Å². The summed E-state index contributed by atoms with van der Waals surface area (Å²) < 4.78 is 27.4. The number of unbranched alkanes of at least 4 members (excludes halogenated alkanes) is 1. The Morgan fingerprint density at radius 2 is 1.87 bits per heavy atom. The summed E-state index contributed by atoms with van der Waals surface area (Å²) in [4.78, 5) is 13.9. The SMILES string of the molecule is CCC/C=C/C(=O)NCCc1ccc(S(=O)(=O)N2CCN(C3CCCCC3)C2=N)cc1. The first kappa shape index (κ1) is 23.3. The molecule has 1 saturated carbocycles. The molecule has 0 bridgehead atoms. The predicted octanol–water partition coefficient (Wildman–Crippen LogP) is 3.28. The van der Waals surface area contributed by atoms with Gasteiger partial charge in [0, 0.05) is 19.1 Å². The van der Waals surface area contributed by atoms with Gasteiger partial charge in [-0.25, -0.2) is 12.7 Å². The molecule has 0 radical (unpaired) electrons. The summed E-state index contributed by atoms with van der Waals surface area (Å²) in [6, 6.07) is 7.06. The fourth-order valence-electron chi connectivity index (χ4n) is 4.24. The van der Waals surface area contributed by atoms with E-state index in [1.165, 1.54) is 10.7 Å². The number of benzene rings is 1. The molecule has 7 nitrogen and oxygen atoms in total. The molecule has 1 heterocycles. The van der Waals surface area contributed by atoms with Gasteiger partial charge in [0.05, 0.1) is 11.4 Å². The van der Waals surface area contributed by atoms with Crippen LogP contribution in [0.5, 0.6) is 0 Å². The number of nitrogens with zero attached hydrogens (tertiary/aromatic N) is 2. The Kier molecular flexibility index (Phi) is 8.12. The first-order valence-corrected chi connectivity index (χ1v) is 12.8. The summed E-state index contributed by atoms with van der Waals surface area (Å²) in [5.74, 6) is -0.00229. The minimum Gasteiger partial charge on any atom is -0.352 e. The Labute approximate surface area is 186 Å². The summed E-state index contributed by atoms with van der Waals surface area (Å²) in [5, 5.41) is 11.3. The molecular weight excluding hydrogens is 412 g/mol. The third-order valence-electron chi connectivity index (χ3n) is 6.02. The second-order valence-corrected chi connectivity index (χ2v) is 10.1. The van der Waals surface area contributed by atoms with E-state index >= 15 is 0 Å². The van der Waals surface area contributed by atoms with Crippen LogP contribution >= 0.6 is 0 Å². The average molecular weight is 447 g/mol. The Hall–Kier alpha value is -2.35. The Morgan fingerprint density at radius 3 is 2.55 bits per heavy atom. The van der Waals surface area contributed by atoms with Crippen LogP contribution in [-0.2, 0) is 21.2 Å². The van der Waals surface area contributed by atoms with Gasteiger partial charge in [0.2, 0.25) is 11.9 Å². The van der Waals surface area contributed by atoms with Crippen LogP contribution in [-0.4, -0.2) is 55.2 Å². The van der Waals surface area contributed by atoms with E-state index in [1.807, 2.05) is 11.0 Å². The molecule has 2 fully saturated rings. The summed E-state index contributed by atoms with van der Waals surface area (Å²) in [6.07, 6.45) is 11.5. The number of sulfonamides is 1. The van der Waals surface area contributed by atoms with Crippen LogP contribution in [0, 0.1) is 5.41 Å². The van der Waals surface area contributed by atoms with Crippen molar-refractivity contribution >= 4 is 21.9 Å². The lowest BCUT2D eigenvalue weighted by Crippen LogP contribution is -2.42. The molecule has 2 N–H and O–H groups in total. The number of hydrogen-bond donors (Lipinski definition) is 2. The second-order valence-electron chi connectivity index (χ2n) is 8.26. The minimum atomic E-state index is -3.73. The minimum absolute atomic E-state index is 0.106. The molecule has 0 spiro atoms. The van der Waals surface area contributed by atoms with E-state index < -0.39 is 10.0 Å².